The van der Waals surface area contributed by atoms with Crippen LogP contribution in [-0.2, 0) is 0 Å². The van der Waals surface area contributed by atoms with Gasteiger partial charge in [-0.1, -0.05) is 32.0 Å². The molecule has 0 atom stereocenters. The number of methoxy groups -OCH3 is 1. The number of fused-ring (bicyclic) bond motifs is 1. The van der Waals surface area contributed by atoms with Crippen molar-refractivity contribution >= 4 is 28.5 Å². The second-order valence-electron chi connectivity index (χ2n) is 7.49. The van der Waals surface area contributed by atoms with Crippen LogP contribution in [-0.4, -0.2) is 33.4 Å². The molecule has 0 unspecified atom stereocenters. The fourth-order valence-electron chi connectivity index (χ4n) is 3.12. The molecule has 0 aliphatic carbocycles. The third-order valence-electron chi connectivity index (χ3n) is 4.79. The molecule has 0 aliphatic heterocycles. The number of hydrogen-bond acceptors (Lipinski definition) is 6. The molecule has 0 radical (unpaired) electrons. The molecule has 154 valence electrons. The molecule has 0 saturated heterocycles. The van der Waals surface area contributed by atoms with E-state index >= 15 is 0 Å². The van der Waals surface area contributed by atoms with Gasteiger partial charge in [0, 0.05) is 12.2 Å². The van der Waals surface area contributed by atoms with Crippen molar-refractivity contribution in [3.63, 3.8) is 0 Å². The molecule has 0 spiro atoms. The van der Waals surface area contributed by atoms with Crippen molar-refractivity contribution in [3.8, 4) is 11.4 Å². The van der Waals surface area contributed by atoms with Crippen LogP contribution in [0.3, 0.4) is 0 Å². The Balaban J connectivity index is 1.73. The molecule has 7 heteroatoms. The molecule has 2 aromatic carbocycles. The number of nitrogens with zero attached hydrogens (tertiary/aromatic N) is 4. The van der Waals surface area contributed by atoms with Crippen molar-refractivity contribution in [2.45, 2.75) is 20.3 Å². The first-order chi connectivity index (χ1) is 14.6. The van der Waals surface area contributed by atoms with Crippen LogP contribution < -0.4 is 15.4 Å². The summed E-state index contributed by atoms with van der Waals surface area (Å²) in [5.41, 5.74) is 2.62. The number of para-hydroxylation sites is 1. The van der Waals surface area contributed by atoms with E-state index in [1.165, 1.54) is 0 Å². The van der Waals surface area contributed by atoms with Gasteiger partial charge in [-0.15, -0.1) is 0 Å². The van der Waals surface area contributed by atoms with Gasteiger partial charge in [-0.2, -0.15) is 15.1 Å². The van der Waals surface area contributed by atoms with Crippen LogP contribution in [0.2, 0.25) is 0 Å². The maximum Gasteiger partial charge on any atom is 0.226 e. The lowest BCUT2D eigenvalue weighted by Crippen LogP contribution is -2.10. The normalized spacial score (nSPS) is 11.1. The van der Waals surface area contributed by atoms with Gasteiger partial charge >= 0.3 is 0 Å². The van der Waals surface area contributed by atoms with Crippen LogP contribution >= 0.6 is 0 Å². The Morgan fingerprint density at radius 1 is 1.00 bits per heavy atom. The number of aromatic nitrogens is 4. The first-order valence-electron chi connectivity index (χ1n) is 10.1. The Morgan fingerprint density at radius 3 is 2.47 bits per heavy atom. The molecule has 2 N–H and O–H groups in total. The molecule has 30 heavy (non-hydrogen) atoms. The van der Waals surface area contributed by atoms with Crippen molar-refractivity contribution < 1.29 is 4.74 Å². The molecule has 0 bridgehead atoms. The number of hydrogen-bond donors (Lipinski definition) is 2. The van der Waals surface area contributed by atoms with Crippen molar-refractivity contribution in [1.29, 1.82) is 0 Å². The second kappa shape index (κ2) is 8.82. The summed E-state index contributed by atoms with van der Waals surface area (Å²) in [4.78, 5) is 9.48. The lowest BCUT2D eigenvalue weighted by Gasteiger charge is -2.12. The summed E-state index contributed by atoms with van der Waals surface area (Å²) in [5.74, 6) is 2.70. The van der Waals surface area contributed by atoms with Crippen molar-refractivity contribution in [3.05, 3.63) is 60.8 Å². The van der Waals surface area contributed by atoms with E-state index in [9.17, 15) is 0 Å². The van der Waals surface area contributed by atoms with Crippen molar-refractivity contribution in [2.75, 3.05) is 24.3 Å². The minimum atomic E-state index is 0.580. The Morgan fingerprint density at radius 2 is 1.77 bits per heavy atom. The van der Waals surface area contributed by atoms with E-state index in [4.69, 9.17) is 14.7 Å². The van der Waals surface area contributed by atoms with Crippen molar-refractivity contribution in [1.82, 2.24) is 19.7 Å². The molecule has 2 heterocycles. The molecular formula is C23H26N6O. The highest BCUT2D eigenvalue weighted by atomic mass is 16.5. The first kappa shape index (κ1) is 19.7. The molecule has 4 aromatic rings. The standard InChI is InChI=1S/C23H26N6O/c1-16(2)13-14-24-23-27-21(26-17-9-11-19(30-3)12-10-17)20-15-25-29(22(20)28-23)18-7-5-4-6-8-18/h4-12,15-16H,13-14H2,1-3H3,(H2,24,26,27,28). The highest BCUT2D eigenvalue weighted by molar-refractivity contribution is 5.90. The van der Waals surface area contributed by atoms with E-state index in [0.29, 0.717) is 17.7 Å². The van der Waals surface area contributed by atoms with Gasteiger partial charge in [0.2, 0.25) is 5.95 Å². The summed E-state index contributed by atoms with van der Waals surface area (Å²) >= 11 is 0. The predicted octanol–water partition coefficient (Wildman–Crippen LogP) is 5.03. The van der Waals surface area contributed by atoms with Crippen LogP contribution in [0.25, 0.3) is 16.7 Å². The summed E-state index contributed by atoms with van der Waals surface area (Å²) in [5, 5.41) is 12.2. The molecular weight excluding hydrogens is 376 g/mol. The first-order valence-corrected chi connectivity index (χ1v) is 10.1. The Bertz CT molecular complexity index is 1110. The zero-order valence-corrected chi connectivity index (χ0v) is 17.5. The van der Waals surface area contributed by atoms with Gasteiger partial charge in [0.25, 0.3) is 0 Å². The van der Waals surface area contributed by atoms with E-state index in [1.807, 2.05) is 59.3 Å². The molecule has 0 aliphatic rings. The third-order valence-corrected chi connectivity index (χ3v) is 4.79. The molecule has 0 amide bonds. The van der Waals surface area contributed by atoms with E-state index in [1.54, 1.807) is 13.3 Å². The quantitative estimate of drug-likeness (QED) is 0.431. The highest BCUT2D eigenvalue weighted by Crippen LogP contribution is 2.27. The molecule has 4 rings (SSSR count). The maximum atomic E-state index is 5.25. The number of ether oxygens (including phenoxy) is 1. The van der Waals surface area contributed by atoms with Gasteiger partial charge in [0.05, 0.1) is 24.4 Å². The fourth-order valence-corrected chi connectivity index (χ4v) is 3.12. The van der Waals surface area contributed by atoms with Crippen LogP contribution in [0.1, 0.15) is 20.3 Å². The average Bonchev–Trinajstić information content (AvgIpc) is 3.19. The number of anilines is 3. The lowest BCUT2D eigenvalue weighted by molar-refractivity contribution is 0.415. The second-order valence-corrected chi connectivity index (χ2v) is 7.49. The van der Waals surface area contributed by atoms with E-state index in [2.05, 4.69) is 29.6 Å². The van der Waals surface area contributed by atoms with E-state index < -0.39 is 0 Å². The highest BCUT2D eigenvalue weighted by Gasteiger charge is 2.14. The van der Waals surface area contributed by atoms with Gasteiger partial charge in [-0.05, 0) is 48.7 Å². The fraction of sp³-hybridized carbons (Fsp3) is 0.261. The Hall–Kier alpha value is -3.61. The topological polar surface area (TPSA) is 76.9 Å². The minimum Gasteiger partial charge on any atom is -0.497 e. The largest absolute Gasteiger partial charge is 0.497 e. The third kappa shape index (κ3) is 4.35. The minimum absolute atomic E-state index is 0.580. The van der Waals surface area contributed by atoms with Crippen LogP contribution in [0.4, 0.5) is 17.5 Å². The SMILES string of the molecule is COc1ccc(Nc2nc(NCCC(C)C)nc3c2cnn3-c2ccccc2)cc1. The van der Waals surface area contributed by atoms with Gasteiger partial charge < -0.3 is 15.4 Å². The van der Waals surface area contributed by atoms with E-state index in [0.717, 1.165) is 41.1 Å². The number of benzene rings is 2. The van der Waals surface area contributed by atoms with Gasteiger partial charge in [-0.3, -0.25) is 0 Å². The molecule has 7 nitrogen and oxygen atoms in total. The molecule has 2 aromatic heterocycles. The Kier molecular flexibility index (Phi) is 5.79. The smallest absolute Gasteiger partial charge is 0.226 e. The summed E-state index contributed by atoms with van der Waals surface area (Å²) in [6, 6.07) is 17.7. The van der Waals surface area contributed by atoms with Crippen LogP contribution in [0, 0.1) is 5.92 Å². The maximum absolute atomic E-state index is 5.25. The summed E-state index contributed by atoms with van der Waals surface area (Å²) in [7, 11) is 1.66. The van der Waals surface area contributed by atoms with Crippen LogP contribution in [0.5, 0.6) is 5.75 Å². The van der Waals surface area contributed by atoms with E-state index in [-0.39, 0.29) is 0 Å². The zero-order chi connectivity index (χ0) is 20.9. The Labute approximate surface area is 176 Å². The molecule has 0 fully saturated rings. The zero-order valence-electron chi connectivity index (χ0n) is 17.5. The predicted molar refractivity (Wildman–Crippen MR) is 121 cm³/mol. The summed E-state index contributed by atoms with van der Waals surface area (Å²) in [6.07, 6.45) is 2.84. The van der Waals surface area contributed by atoms with Gasteiger partial charge in [0.1, 0.15) is 11.6 Å². The number of nitrogens with one attached hydrogen (secondary N) is 2. The van der Waals surface area contributed by atoms with Gasteiger partial charge in [-0.25, -0.2) is 4.68 Å². The van der Waals surface area contributed by atoms with Crippen LogP contribution in [0.15, 0.2) is 60.8 Å². The summed E-state index contributed by atoms with van der Waals surface area (Å²) in [6.45, 7) is 5.21. The lowest BCUT2D eigenvalue weighted by atomic mass is 10.1. The monoisotopic (exact) mass is 402 g/mol. The number of rotatable bonds is 8. The molecule has 0 saturated carbocycles. The summed E-state index contributed by atoms with van der Waals surface area (Å²) < 4.78 is 7.09. The van der Waals surface area contributed by atoms with Gasteiger partial charge in [0.15, 0.2) is 5.65 Å². The van der Waals surface area contributed by atoms with Crippen molar-refractivity contribution in [2.24, 2.45) is 5.92 Å². The average molecular weight is 403 g/mol.